The summed E-state index contributed by atoms with van der Waals surface area (Å²) in [6, 6.07) is 23.2. The Bertz CT molecular complexity index is 1200. The highest BCUT2D eigenvalue weighted by Crippen LogP contribution is 2.15. The van der Waals surface area contributed by atoms with Gasteiger partial charge < -0.3 is 24.8 Å². The van der Waals surface area contributed by atoms with Gasteiger partial charge in [0, 0.05) is 30.0 Å². The molecule has 1 fully saturated rings. The Morgan fingerprint density at radius 1 is 0.865 bits per heavy atom. The van der Waals surface area contributed by atoms with Crippen LogP contribution in [-0.2, 0) is 4.74 Å². The standard InChI is InChI=1S/C28H29N3O5S/c32-26(29-19-25-10-5-15-34-25)20-11-13-22(14-12-20)30-28(37)31-27(33)21-6-4-9-24(18-21)36-17-16-35-23-7-2-1-3-8-23/h1-4,6-9,11-14,18,25H,5,10,15-17,19H2,(H,29,32)(H2,30,31,33,37). The molecule has 37 heavy (non-hydrogen) atoms. The Morgan fingerprint density at radius 3 is 2.32 bits per heavy atom. The minimum Gasteiger partial charge on any atom is -0.490 e. The van der Waals surface area contributed by atoms with E-state index in [0.29, 0.717) is 42.3 Å². The number of rotatable bonds is 10. The van der Waals surface area contributed by atoms with Crippen LogP contribution in [0.1, 0.15) is 33.6 Å². The lowest BCUT2D eigenvalue weighted by molar-refractivity contribution is 0.0857. The average Bonchev–Trinajstić information content (AvgIpc) is 3.45. The van der Waals surface area contributed by atoms with E-state index in [9.17, 15) is 9.59 Å². The quantitative estimate of drug-likeness (QED) is 0.273. The summed E-state index contributed by atoms with van der Waals surface area (Å²) in [5.74, 6) is 0.796. The lowest BCUT2D eigenvalue weighted by Gasteiger charge is -2.12. The van der Waals surface area contributed by atoms with Gasteiger partial charge in [0.25, 0.3) is 11.8 Å². The van der Waals surface area contributed by atoms with Gasteiger partial charge in [-0.25, -0.2) is 0 Å². The highest BCUT2D eigenvalue weighted by atomic mass is 32.1. The number of benzene rings is 3. The second kappa shape index (κ2) is 13.4. The molecule has 3 aromatic rings. The van der Waals surface area contributed by atoms with Crippen LogP contribution in [0, 0.1) is 0 Å². The molecule has 4 rings (SSSR count). The number of anilines is 1. The fraction of sp³-hybridized carbons (Fsp3) is 0.250. The molecule has 192 valence electrons. The highest BCUT2D eigenvalue weighted by Gasteiger charge is 2.16. The number of carbonyl (C=O) groups is 2. The Morgan fingerprint density at radius 2 is 1.59 bits per heavy atom. The van der Waals surface area contributed by atoms with Gasteiger partial charge in [-0.1, -0.05) is 24.3 Å². The maximum Gasteiger partial charge on any atom is 0.257 e. The minimum absolute atomic E-state index is 0.0896. The average molecular weight is 520 g/mol. The molecule has 0 aliphatic carbocycles. The van der Waals surface area contributed by atoms with E-state index in [2.05, 4.69) is 16.0 Å². The van der Waals surface area contributed by atoms with E-state index >= 15 is 0 Å². The lowest BCUT2D eigenvalue weighted by Crippen LogP contribution is -2.34. The van der Waals surface area contributed by atoms with Gasteiger partial charge in [-0.15, -0.1) is 0 Å². The monoisotopic (exact) mass is 519 g/mol. The van der Waals surface area contributed by atoms with E-state index in [1.807, 2.05) is 30.3 Å². The van der Waals surface area contributed by atoms with Crippen molar-refractivity contribution in [1.82, 2.24) is 10.6 Å². The summed E-state index contributed by atoms with van der Waals surface area (Å²) in [5, 5.41) is 8.65. The zero-order valence-electron chi connectivity index (χ0n) is 20.3. The summed E-state index contributed by atoms with van der Waals surface area (Å²) in [5.41, 5.74) is 1.59. The Kier molecular flexibility index (Phi) is 9.45. The molecule has 1 saturated heterocycles. The van der Waals surface area contributed by atoms with Crippen molar-refractivity contribution >= 4 is 34.8 Å². The molecule has 1 unspecified atom stereocenters. The van der Waals surface area contributed by atoms with E-state index in [1.165, 1.54) is 0 Å². The van der Waals surface area contributed by atoms with Gasteiger partial charge in [0.1, 0.15) is 24.7 Å². The molecule has 2 amide bonds. The zero-order chi connectivity index (χ0) is 25.9. The largest absolute Gasteiger partial charge is 0.490 e. The Balaban J connectivity index is 1.21. The van der Waals surface area contributed by atoms with Gasteiger partial charge in [0.2, 0.25) is 0 Å². The number of hydrogen-bond acceptors (Lipinski definition) is 6. The van der Waals surface area contributed by atoms with Gasteiger partial charge in [0.15, 0.2) is 5.11 Å². The summed E-state index contributed by atoms with van der Waals surface area (Å²) in [7, 11) is 0. The van der Waals surface area contributed by atoms with E-state index in [1.54, 1.807) is 48.5 Å². The number of hydrogen-bond donors (Lipinski definition) is 3. The second-order valence-electron chi connectivity index (χ2n) is 8.37. The van der Waals surface area contributed by atoms with Crippen LogP contribution in [0.3, 0.4) is 0 Å². The van der Waals surface area contributed by atoms with Crippen molar-refractivity contribution in [2.24, 2.45) is 0 Å². The number of thiocarbonyl (C=S) groups is 1. The highest BCUT2D eigenvalue weighted by molar-refractivity contribution is 7.80. The summed E-state index contributed by atoms with van der Waals surface area (Å²) in [6.07, 6.45) is 2.08. The molecule has 0 saturated carbocycles. The molecule has 3 N–H and O–H groups in total. The topological polar surface area (TPSA) is 97.9 Å². The van der Waals surface area contributed by atoms with Crippen LogP contribution in [-0.4, -0.2) is 49.4 Å². The minimum atomic E-state index is -0.367. The number of nitrogens with one attached hydrogen (secondary N) is 3. The maximum atomic E-state index is 12.7. The van der Waals surface area contributed by atoms with Crippen molar-refractivity contribution < 1.29 is 23.8 Å². The third-order valence-corrected chi connectivity index (χ3v) is 5.81. The van der Waals surface area contributed by atoms with Crippen molar-refractivity contribution in [2.75, 3.05) is 31.7 Å². The molecule has 0 aromatic heterocycles. The van der Waals surface area contributed by atoms with Crippen molar-refractivity contribution in [1.29, 1.82) is 0 Å². The van der Waals surface area contributed by atoms with Crippen LogP contribution in [0.4, 0.5) is 5.69 Å². The van der Waals surface area contributed by atoms with Gasteiger partial charge in [-0.3, -0.25) is 14.9 Å². The Labute approximate surface area is 221 Å². The molecule has 1 atom stereocenters. The van der Waals surface area contributed by atoms with Gasteiger partial charge >= 0.3 is 0 Å². The molecular weight excluding hydrogens is 490 g/mol. The fourth-order valence-corrected chi connectivity index (χ4v) is 3.93. The number of ether oxygens (including phenoxy) is 3. The smallest absolute Gasteiger partial charge is 0.257 e. The molecule has 9 heteroatoms. The summed E-state index contributed by atoms with van der Waals surface area (Å²) >= 11 is 5.28. The van der Waals surface area contributed by atoms with E-state index < -0.39 is 0 Å². The normalized spacial score (nSPS) is 14.4. The van der Waals surface area contributed by atoms with E-state index in [0.717, 1.165) is 25.2 Å². The first-order valence-electron chi connectivity index (χ1n) is 12.1. The first-order chi connectivity index (χ1) is 18.1. The van der Waals surface area contributed by atoms with Crippen molar-refractivity contribution in [2.45, 2.75) is 18.9 Å². The number of amides is 2. The van der Waals surface area contributed by atoms with Crippen LogP contribution in [0.2, 0.25) is 0 Å². The molecule has 3 aromatic carbocycles. The first kappa shape index (κ1) is 26.1. The van der Waals surface area contributed by atoms with Crippen LogP contribution in [0.25, 0.3) is 0 Å². The van der Waals surface area contributed by atoms with Crippen molar-refractivity contribution in [3.63, 3.8) is 0 Å². The molecule has 1 aliphatic heterocycles. The SMILES string of the molecule is O=C(NCC1CCCO1)c1ccc(NC(=S)NC(=O)c2cccc(OCCOc3ccccc3)c2)cc1. The molecule has 8 nitrogen and oxygen atoms in total. The predicted molar refractivity (Wildman–Crippen MR) is 145 cm³/mol. The third-order valence-electron chi connectivity index (χ3n) is 5.61. The van der Waals surface area contributed by atoms with E-state index in [4.69, 9.17) is 26.4 Å². The van der Waals surface area contributed by atoms with Gasteiger partial charge in [-0.2, -0.15) is 0 Å². The fourth-order valence-electron chi connectivity index (χ4n) is 3.72. The maximum absolute atomic E-state index is 12.7. The molecule has 1 aliphatic rings. The van der Waals surface area contributed by atoms with E-state index in [-0.39, 0.29) is 23.0 Å². The van der Waals surface area contributed by atoms with Crippen LogP contribution in [0.15, 0.2) is 78.9 Å². The van der Waals surface area contributed by atoms with Crippen LogP contribution in [0.5, 0.6) is 11.5 Å². The second-order valence-corrected chi connectivity index (χ2v) is 8.78. The third kappa shape index (κ3) is 8.30. The summed E-state index contributed by atoms with van der Waals surface area (Å²) < 4.78 is 16.8. The summed E-state index contributed by atoms with van der Waals surface area (Å²) in [6.45, 7) is 1.97. The van der Waals surface area contributed by atoms with Gasteiger partial charge in [0.05, 0.1) is 6.10 Å². The first-order valence-corrected chi connectivity index (χ1v) is 12.5. The predicted octanol–water partition coefficient (Wildman–Crippen LogP) is 4.18. The molecular formula is C28H29N3O5S. The summed E-state index contributed by atoms with van der Waals surface area (Å²) in [4.78, 5) is 25.0. The molecule has 0 spiro atoms. The number of para-hydroxylation sites is 1. The number of carbonyl (C=O) groups excluding carboxylic acids is 2. The molecule has 0 bridgehead atoms. The molecule has 1 heterocycles. The van der Waals surface area contributed by atoms with Crippen LogP contribution >= 0.6 is 12.2 Å². The van der Waals surface area contributed by atoms with Crippen molar-refractivity contribution in [3.05, 3.63) is 90.0 Å². The van der Waals surface area contributed by atoms with Crippen LogP contribution < -0.4 is 25.4 Å². The van der Waals surface area contributed by atoms with Gasteiger partial charge in [-0.05, 0) is 79.7 Å². The van der Waals surface area contributed by atoms with Crippen molar-refractivity contribution in [3.8, 4) is 11.5 Å². The molecule has 0 radical (unpaired) electrons. The Hall–Kier alpha value is -3.95. The lowest BCUT2D eigenvalue weighted by atomic mass is 10.2. The zero-order valence-corrected chi connectivity index (χ0v) is 21.1.